The normalized spacial score (nSPS) is 14.4. The number of piperidine rings is 1. The van der Waals surface area contributed by atoms with Gasteiger partial charge in [-0.2, -0.15) is 0 Å². The van der Waals surface area contributed by atoms with Crippen LogP contribution in [0.5, 0.6) is 0 Å². The van der Waals surface area contributed by atoms with Crippen molar-refractivity contribution in [3.63, 3.8) is 0 Å². The largest absolute Gasteiger partial charge is 0.473 e. The van der Waals surface area contributed by atoms with Crippen molar-refractivity contribution in [2.45, 2.75) is 45.8 Å². The van der Waals surface area contributed by atoms with E-state index in [2.05, 4.69) is 29.3 Å². The van der Waals surface area contributed by atoms with Crippen molar-refractivity contribution in [3.05, 3.63) is 30.1 Å². The van der Waals surface area contributed by atoms with E-state index in [1.807, 2.05) is 30.1 Å². The lowest BCUT2D eigenvalue weighted by molar-refractivity contribution is -0.159. The van der Waals surface area contributed by atoms with Crippen LogP contribution >= 0.6 is 0 Å². The van der Waals surface area contributed by atoms with Crippen LogP contribution in [0.3, 0.4) is 0 Å². The lowest BCUT2D eigenvalue weighted by Gasteiger charge is -2.31. The molecule has 1 aliphatic heterocycles. The maximum Gasteiger partial charge on any atom is 0.414 e. The van der Waals surface area contributed by atoms with Crippen LogP contribution in [0, 0.1) is 5.92 Å². The van der Waals surface area contributed by atoms with Crippen LogP contribution in [0.15, 0.2) is 29.6 Å². The van der Waals surface area contributed by atoms with E-state index in [0.29, 0.717) is 25.6 Å². The Hall–Kier alpha value is -3.01. The van der Waals surface area contributed by atoms with Gasteiger partial charge in [-0.15, -0.1) is 0 Å². The molecule has 2 rings (SSSR count). The van der Waals surface area contributed by atoms with Gasteiger partial charge in [-0.05, 0) is 31.5 Å². The highest BCUT2D eigenvalue weighted by molar-refractivity contribution is 6.27. The fourth-order valence-corrected chi connectivity index (χ4v) is 2.78. The molecule has 0 radical (unpaired) electrons. The molecule has 1 saturated heterocycles. The molecule has 10 nitrogen and oxygen atoms in total. The number of amides is 1. The molecule has 1 atom stereocenters. The lowest BCUT2D eigenvalue weighted by atomic mass is 10.0. The summed E-state index contributed by atoms with van der Waals surface area (Å²) in [7, 11) is 1.85. The summed E-state index contributed by atoms with van der Waals surface area (Å²) in [6, 6.07) is 5.62. The van der Waals surface area contributed by atoms with E-state index >= 15 is 0 Å². The number of pyridine rings is 1. The minimum absolute atomic E-state index is 0.0936. The predicted molar refractivity (Wildman–Crippen MR) is 110 cm³/mol. The third-order valence-electron chi connectivity index (χ3n) is 4.32. The molecule has 3 N–H and O–H groups in total. The number of carbonyl (C=O) groups is 3. The molecule has 1 aromatic rings. The number of carboxylic acid groups (broad SMARTS) is 2. The van der Waals surface area contributed by atoms with Gasteiger partial charge in [-0.3, -0.25) is 9.78 Å². The van der Waals surface area contributed by atoms with E-state index in [-0.39, 0.29) is 11.9 Å². The molecule has 1 fully saturated rings. The number of hydrogen-bond donors (Lipinski definition) is 3. The maximum absolute atomic E-state index is 12.6. The summed E-state index contributed by atoms with van der Waals surface area (Å²) in [4.78, 5) is 42.3. The summed E-state index contributed by atoms with van der Waals surface area (Å²) in [6.45, 7) is 6.07. The Morgan fingerprint density at radius 2 is 1.83 bits per heavy atom. The van der Waals surface area contributed by atoms with Crippen molar-refractivity contribution < 1.29 is 29.4 Å². The molecule has 0 saturated carbocycles. The highest BCUT2D eigenvalue weighted by Crippen LogP contribution is 2.13. The Balaban J connectivity index is 0.000000656. The van der Waals surface area contributed by atoms with Gasteiger partial charge in [0.25, 0.3) is 0 Å². The van der Waals surface area contributed by atoms with Gasteiger partial charge in [0.15, 0.2) is 6.61 Å². The molecule has 0 bridgehead atoms. The number of rotatable bonds is 7. The van der Waals surface area contributed by atoms with Crippen LogP contribution in [-0.2, 0) is 25.8 Å². The molecule has 0 aliphatic carbocycles. The van der Waals surface area contributed by atoms with Gasteiger partial charge in [0.1, 0.15) is 0 Å². The number of nitrogens with one attached hydrogen (secondary N) is 1. The van der Waals surface area contributed by atoms with E-state index < -0.39 is 11.9 Å². The Labute approximate surface area is 175 Å². The molecule has 1 amide bonds. The molecule has 30 heavy (non-hydrogen) atoms. The molecular formula is C20H30N4O6. The number of likely N-dealkylation sites (tertiary alicyclic amines) is 1. The van der Waals surface area contributed by atoms with E-state index in [0.717, 1.165) is 30.7 Å². The molecule has 0 spiro atoms. The van der Waals surface area contributed by atoms with E-state index in [1.165, 1.54) is 0 Å². The zero-order chi connectivity index (χ0) is 22.5. The van der Waals surface area contributed by atoms with Gasteiger partial charge in [0.2, 0.25) is 5.91 Å². The summed E-state index contributed by atoms with van der Waals surface area (Å²) < 4.78 is 0. The number of carbonyl (C=O) groups excluding carboxylic acids is 1. The monoisotopic (exact) mass is 422 g/mol. The van der Waals surface area contributed by atoms with E-state index in [9.17, 15) is 4.79 Å². The van der Waals surface area contributed by atoms with Crippen LogP contribution in [0.1, 0.15) is 38.8 Å². The number of oxime groups is 1. The molecule has 10 heteroatoms. The molecule has 0 aromatic carbocycles. The summed E-state index contributed by atoms with van der Waals surface area (Å²) >= 11 is 0. The van der Waals surface area contributed by atoms with Gasteiger partial charge >= 0.3 is 11.9 Å². The second-order valence-corrected chi connectivity index (χ2v) is 7.16. The fourth-order valence-electron chi connectivity index (χ4n) is 2.78. The Kier molecular flexibility index (Phi) is 11.1. The summed E-state index contributed by atoms with van der Waals surface area (Å²) in [6.07, 6.45) is 4.14. The van der Waals surface area contributed by atoms with Crippen molar-refractivity contribution in [3.8, 4) is 0 Å². The van der Waals surface area contributed by atoms with Crippen molar-refractivity contribution in [2.24, 2.45) is 11.1 Å². The van der Waals surface area contributed by atoms with E-state index in [4.69, 9.17) is 24.6 Å². The first-order chi connectivity index (χ1) is 14.2. The van der Waals surface area contributed by atoms with Gasteiger partial charge in [-0.25, -0.2) is 9.59 Å². The first-order valence-electron chi connectivity index (χ1n) is 9.74. The van der Waals surface area contributed by atoms with Crippen molar-refractivity contribution >= 4 is 23.6 Å². The molecular weight excluding hydrogens is 392 g/mol. The molecule has 166 valence electrons. The van der Waals surface area contributed by atoms with E-state index in [1.54, 1.807) is 6.20 Å². The number of aromatic nitrogens is 1. The maximum atomic E-state index is 12.6. The summed E-state index contributed by atoms with van der Waals surface area (Å²) in [5.74, 6) is -2.96. The van der Waals surface area contributed by atoms with Gasteiger partial charge in [0.05, 0.1) is 17.4 Å². The number of likely N-dealkylation sites (N-methyl/N-ethyl adjacent to an activating group) is 1. The first kappa shape index (κ1) is 25.0. The summed E-state index contributed by atoms with van der Waals surface area (Å²) in [5.41, 5.74) is 1.87. The number of carboxylic acids is 2. The van der Waals surface area contributed by atoms with Gasteiger partial charge in [-0.1, -0.05) is 25.1 Å². The predicted octanol–water partition coefficient (Wildman–Crippen LogP) is 1.37. The first-order valence-corrected chi connectivity index (χ1v) is 9.74. The van der Waals surface area contributed by atoms with Crippen LogP contribution < -0.4 is 5.32 Å². The minimum atomic E-state index is -1.82. The number of aliphatic carboxylic acids is 2. The Morgan fingerprint density at radius 3 is 2.30 bits per heavy atom. The molecule has 1 aliphatic rings. The number of nitrogens with zero attached hydrogens (tertiary/aromatic N) is 3. The van der Waals surface area contributed by atoms with Crippen molar-refractivity contribution in [2.75, 3.05) is 20.1 Å². The quantitative estimate of drug-likeness (QED) is 0.442. The van der Waals surface area contributed by atoms with Crippen LogP contribution in [0.4, 0.5) is 0 Å². The average Bonchev–Trinajstić information content (AvgIpc) is 2.73. The standard InChI is InChI=1S/C18H28N4O2.C2H2O4/c1-14(2)12-17(19-3)18(23)22-10-7-15(8-11-22)21-24-13-16-6-4-5-9-20-16;3-1(4)2(5)6/h4-6,9,14,17,19H,7-8,10-13H2,1-3H3;(H,3,4)(H,5,6)/t17-;/m0./s1. The Morgan fingerprint density at radius 1 is 1.20 bits per heavy atom. The van der Waals surface area contributed by atoms with Crippen LogP contribution in [-0.4, -0.2) is 69.8 Å². The van der Waals surface area contributed by atoms with Crippen molar-refractivity contribution in [1.82, 2.24) is 15.2 Å². The van der Waals surface area contributed by atoms with Crippen molar-refractivity contribution in [1.29, 1.82) is 0 Å². The van der Waals surface area contributed by atoms with Gasteiger partial charge < -0.3 is 25.3 Å². The third-order valence-corrected chi connectivity index (χ3v) is 4.32. The van der Waals surface area contributed by atoms with Crippen LogP contribution in [0.25, 0.3) is 0 Å². The second-order valence-electron chi connectivity index (χ2n) is 7.16. The smallest absolute Gasteiger partial charge is 0.414 e. The second kappa shape index (κ2) is 13.3. The highest BCUT2D eigenvalue weighted by atomic mass is 16.6. The van der Waals surface area contributed by atoms with Gasteiger partial charge in [0, 0.05) is 32.1 Å². The molecule has 2 heterocycles. The Bertz CT molecular complexity index is 701. The zero-order valence-corrected chi connectivity index (χ0v) is 17.6. The molecule has 0 unspecified atom stereocenters. The highest BCUT2D eigenvalue weighted by Gasteiger charge is 2.26. The fraction of sp³-hybridized carbons (Fsp3) is 0.550. The lowest BCUT2D eigenvalue weighted by Crippen LogP contribution is -2.48. The number of hydrogen-bond acceptors (Lipinski definition) is 7. The topological polar surface area (TPSA) is 141 Å². The average molecular weight is 422 g/mol. The zero-order valence-electron chi connectivity index (χ0n) is 17.6. The third kappa shape index (κ3) is 9.46. The SMILES string of the molecule is CN[C@@H](CC(C)C)C(=O)N1CCC(=NOCc2ccccn2)CC1.O=C(O)C(=O)O. The van der Waals surface area contributed by atoms with Crippen LogP contribution in [0.2, 0.25) is 0 Å². The minimum Gasteiger partial charge on any atom is -0.473 e. The molecule has 1 aromatic heterocycles. The summed E-state index contributed by atoms with van der Waals surface area (Å²) in [5, 5.41) is 22.1.